The number of hydrogen-bond donors (Lipinski definition) is 2. The largest absolute Gasteiger partial charge is 0.481 e. The standard InChI is InChI=1S/C16H12Cl2FNO3/c17-10-6-4-9(5-7-10)13(8-14(21)22)20-16(23)15-11(18)2-1-3-12(15)19/h1-7,13H,8H2,(H,20,23)(H,21,22). The lowest BCUT2D eigenvalue weighted by molar-refractivity contribution is -0.137. The van der Waals surface area contributed by atoms with Crippen molar-refractivity contribution in [3.8, 4) is 0 Å². The number of nitrogens with one attached hydrogen (secondary N) is 1. The molecule has 0 bridgehead atoms. The summed E-state index contributed by atoms with van der Waals surface area (Å²) in [4.78, 5) is 23.3. The Labute approximate surface area is 141 Å². The van der Waals surface area contributed by atoms with Gasteiger partial charge in [0.1, 0.15) is 5.82 Å². The number of rotatable bonds is 5. The van der Waals surface area contributed by atoms with Gasteiger partial charge < -0.3 is 10.4 Å². The Morgan fingerprint density at radius 1 is 1.13 bits per heavy atom. The first-order chi connectivity index (χ1) is 10.9. The Morgan fingerprint density at radius 2 is 1.78 bits per heavy atom. The molecule has 2 aromatic rings. The number of amides is 1. The zero-order valence-electron chi connectivity index (χ0n) is 11.7. The number of halogens is 3. The molecule has 0 fully saturated rings. The molecule has 120 valence electrons. The lowest BCUT2D eigenvalue weighted by atomic mass is 10.0. The molecular weight excluding hydrogens is 344 g/mol. The average molecular weight is 356 g/mol. The van der Waals surface area contributed by atoms with E-state index in [2.05, 4.69) is 5.32 Å². The van der Waals surface area contributed by atoms with Crippen LogP contribution < -0.4 is 5.32 Å². The van der Waals surface area contributed by atoms with Crippen LogP contribution in [0.1, 0.15) is 28.4 Å². The van der Waals surface area contributed by atoms with E-state index in [1.54, 1.807) is 24.3 Å². The predicted molar refractivity (Wildman–Crippen MR) is 85.3 cm³/mol. The second-order valence-electron chi connectivity index (χ2n) is 4.77. The first-order valence-corrected chi connectivity index (χ1v) is 7.36. The van der Waals surface area contributed by atoms with Crippen molar-refractivity contribution < 1.29 is 19.1 Å². The van der Waals surface area contributed by atoms with Gasteiger partial charge in [-0.3, -0.25) is 9.59 Å². The van der Waals surface area contributed by atoms with Crippen molar-refractivity contribution in [1.82, 2.24) is 5.32 Å². The van der Waals surface area contributed by atoms with Gasteiger partial charge in [0.25, 0.3) is 5.91 Å². The number of carbonyl (C=O) groups is 2. The summed E-state index contributed by atoms with van der Waals surface area (Å²) in [5.41, 5.74) is 0.219. The molecule has 1 amide bonds. The zero-order chi connectivity index (χ0) is 17.0. The molecule has 23 heavy (non-hydrogen) atoms. The number of aliphatic carboxylic acids is 1. The number of carboxylic acids is 1. The molecule has 0 aromatic heterocycles. The summed E-state index contributed by atoms with van der Waals surface area (Å²) in [6.07, 6.45) is -0.362. The number of carbonyl (C=O) groups excluding carboxylic acids is 1. The lowest BCUT2D eigenvalue weighted by Gasteiger charge is -2.18. The minimum absolute atomic E-state index is 0.0484. The summed E-state index contributed by atoms with van der Waals surface area (Å²) in [5.74, 6) is -2.67. The number of hydrogen-bond acceptors (Lipinski definition) is 2. The molecule has 0 saturated heterocycles. The van der Waals surface area contributed by atoms with Gasteiger partial charge in [-0.2, -0.15) is 0 Å². The van der Waals surface area contributed by atoms with Gasteiger partial charge >= 0.3 is 5.97 Å². The van der Waals surface area contributed by atoms with Crippen LogP contribution in [0.2, 0.25) is 10.0 Å². The number of benzene rings is 2. The predicted octanol–water partition coefficient (Wildman–Crippen LogP) is 4.08. The fourth-order valence-corrected chi connectivity index (χ4v) is 2.44. The van der Waals surface area contributed by atoms with Gasteiger partial charge in [0.2, 0.25) is 0 Å². The summed E-state index contributed by atoms with van der Waals surface area (Å²) in [7, 11) is 0. The Balaban J connectivity index is 2.29. The molecule has 0 spiro atoms. The van der Waals surface area contributed by atoms with Crippen LogP contribution in [-0.2, 0) is 4.79 Å². The van der Waals surface area contributed by atoms with Crippen LogP contribution in [-0.4, -0.2) is 17.0 Å². The van der Waals surface area contributed by atoms with Gasteiger partial charge in [-0.15, -0.1) is 0 Å². The Hall–Kier alpha value is -2.11. The molecule has 0 aliphatic heterocycles. The van der Waals surface area contributed by atoms with E-state index in [-0.39, 0.29) is 17.0 Å². The average Bonchev–Trinajstić information content (AvgIpc) is 2.46. The fourth-order valence-electron chi connectivity index (χ4n) is 2.07. The van der Waals surface area contributed by atoms with E-state index >= 15 is 0 Å². The molecule has 0 heterocycles. The third kappa shape index (κ3) is 4.43. The van der Waals surface area contributed by atoms with E-state index in [0.717, 1.165) is 6.07 Å². The summed E-state index contributed by atoms with van der Waals surface area (Å²) in [6.45, 7) is 0. The van der Waals surface area contributed by atoms with Crippen LogP contribution in [0.25, 0.3) is 0 Å². The van der Waals surface area contributed by atoms with Crippen LogP contribution in [0.15, 0.2) is 42.5 Å². The van der Waals surface area contributed by atoms with E-state index < -0.39 is 23.7 Å². The van der Waals surface area contributed by atoms with Crippen molar-refractivity contribution in [1.29, 1.82) is 0 Å². The molecule has 0 aliphatic rings. The van der Waals surface area contributed by atoms with Crippen molar-refractivity contribution in [3.05, 3.63) is 69.5 Å². The minimum atomic E-state index is -1.11. The van der Waals surface area contributed by atoms with Gasteiger partial charge in [-0.1, -0.05) is 41.4 Å². The molecular formula is C16H12Cl2FNO3. The van der Waals surface area contributed by atoms with Gasteiger partial charge in [0.05, 0.1) is 23.0 Å². The highest BCUT2D eigenvalue weighted by molar-refractivity contribution is 6.33. The summed E-state index contributed by atoms with van der Waals surface area (Å²) >= 11 is 11.6. The maximum absolute atomic E-state index is 13.8. The molecule has 2 aromatic carbocycles. The zero-order valence-corrected chi connectivity index (χ0v) is 13.2. The summed E-state index contributed by atoms with van der Waals surface area (Å²) in [5, 5.41) is 11.9. The molecule has 2 rings (SSSR count). The highest BCUT2D eigenvalue weighted by Gasteiger charge is 2.22. The maximum atomic E-state index is 13.8. The maximum Gasteiger partial charge on any atom is 0.305 e. The monoisotopic (exact) mass is 355 g/mol. The quantitative estimate of drug-likeness (QED) is 0.849. The molecule has 0 saturated carbocycles. The van der Waals surface area contributed by atoms with Crippen LogP contribution in [0.5, 0.6) is 0 Å². The second kappa shape index (κ2) is 7.44. The van der Waals surface area contributed by atoms with Crippen LogP contribution >= 0.6 is 23.2 Å². The molecule has 2 N–H and O–H groups in total. The molecule has 7 heteroatoms. The van der Waals surface area contributed by atoms with E-state index in [0.29, 0.717) is 10.6 Å². The first-order valence-electron chi connectivity index (χ1n) is 6.60. The smallest absolute Gasteiger partial charge is 0.305 e. The van der Waals surface area contributed by atoms with Crippen LogP contribution in [0, 0.1) is 5.82 Å². The molecule has 4 nitrogen and oxygen atoms in total. The first kappa shape index (κ1) is 17.2. The Kier molecular flexibility index (Phi) is 5.58. The third-order valence-electron chi connectivity index (χ3n) is 3.15. The van der Waals surface area contributed by atoms with E-state index in [1.165, 1.54) is 12.1 Å². The van der Waals surface area contributed by atoms with Gasteiger partial charge in [0, 0.05) is 5.02 Å². The molecule has 0 aliphatic carbocycles. The van der Waals surface area contributed by atoms with Gasteiger partial charge in [-0.05, 0) is 29.8 Å². The summed E-state index contributed by atoms with van der Waals surface area (Å²) in [6, 6.07) is 9.37. The van der Waals surface area contributed by atoms with Gasteiger partial charge in [0.15, 0.2) is 0 Å². The molecule has 1 unspecified atom stereocenters. The summed E-state index contributed by atoms with van der Waals surface area (Å²) < 4.78 is 13.8. The third-order valence-corrected chi connectivity index (χ3v) is 3.71. The highest BCUT2D eigenvalue weighted by Crippen LogP contribution is 2.23. The van der Waals surface area contributed by atoms with Crippen molar-refractivity contribution in [2.24, 2.45) is 0 Å². The van der Waals surface area contributed by atoms with E-state index in [4.69, 9.17) is 28.3 Å². The van der Waals surface area contributed by atoms with Crippen LogP contribution in [0.3, 0.4) is 0 Å². The highest BCUT2D eigenvalue weighted by atomic mass is 35.5. The van der Waals surface area contributed by atoms with Crippen molar-refractivity contribution in [2.45, 2.75) is 12.5 Å². The second-order valence-corrected chi connectivity index (χ2v) is 5.62. The van der Waals surface area contributed by atoms with E-state index in [9.17, 15) is 14.0 Å². The van der Waals surface area contributed by atoms with Crippen molar-refractivity contribution in [2.75, 3.05) is 0 Å². The fraction of sp³-hybridized carbons (Fsp3) is 0.125. The SMILES string of the molecule is O=C(O)CC(NC(=O)c1c(F)cccc1Cl)c1ccc(Cl)cc1. The molecule has 0 radical (unpaired) electrons. The van der Waals surface area contributed by atoms with Crippen LogP contribution in [0.4, 0.5) is 4.39 Å². The Morgan fingerprint density at radius 3 is 2.35 bits per heavy atom. The lowest BCUT2D eigenvalue weighted by Crippen LogP contribution is -2.31. The van der Waals surface area contributed by atoms with E-state index in [1.807, 2.05) is 0 Å². The number of carboxylic acid groups (broad SMARTS) is 1. The minimum Gasteiger partial charge on any atom is -0.481 e. The topological polar surface area (TPSA) is 66.4 Å². The molecule has 1 atom stereocenters. The van der Waals surface area contributed by atoms with Crippen molar-refractivity contribution >= 4 is 35.1 Å². The van der Waals surface area contributed by atoms with Gasteiger partial charge in [-0.25, -0.2) is 4.39 Å². The normalized spacial score (nSPS) is 11.8. The van der Waals surface area contributed by atoms with Crippen molar-refractivity contribution in [3.63, 3.8) is 0 Å². The Bertz CT molecular complexity index is 714.